The Balaban J connectivity index is 1.31. The van der Waals surface area contributed by atoms with Crippen molar-refractivity contribution < 1.29 is 13.7 Å². The highest BCUT2D eigenvalue weighted by atomic mass is 19.1. The van der Waals surface area contributed by atoms with Crippen molar-refractivity contribution in [3.05, 3.63) is 48.1 Å². The molecule has 3 aromatic rings. The minimum absolute atomic E-state index is 0.0365. The van der Waals surface area contributed by atoms with E-state index in [9.17, 15) is 9.18 Å². The SMILES string of the molecule is CCc1nccn1CCCNC(=O)C1CCCN(c2ccc(-c3nc(C)no3)cc2F)C1. The number of amides is 1. The molecule has 1 fully saturated rings. The van der Waals surface area contributed by atoms with E-state index in [0.29, 0.717) is 36.1 Å². The number of nitrogens with one attached hydrogen (secondary N) is 1. The van der Waals surface area contributed by atoms with Crippen molar-refractivity contribution >= 4 is 11.6 Å². The number of halogens is 1. The van der Waals surface area contributed by atoms with Gasteiger partial charge in [-0.15, -0.1) is 0 Å². The highest BCUT2D eigenvalue weighted by molar-refractivity contribution is 5.79. The van der Waals surface area contributed by atoms with E-state index in [-0.39, 0.29) is 17.6 Å². The minimum atomic E-state index is -0.355. The molecule has 32 heavy (non-hydrogen) atoms. The Morgan fingerprint density at radius 2 is 2.25 bits per heavy atom. The maximum atomic E-state index is 14.9. The van der Waals surface area contributed by atoms with Crippen LogP contribution in [0.15, 0.2) is 35.1 Å². The second kappa shape index (κ2) is 9.93. The molecule has 8 nitrogen and oxygen atoms in total. The van der Waals surface area contributed by atoms with Gasteiger partial charge in [-0.05, 0) is 44.4 Å². The molecule has 170 valence electrons. The van der Waals surface area contributed by atoms with Crippen molar-refractivity contribution in [3.63, 3.8) is 0 Å². The van der Waals surface area contributed by atoms with E-state index in [1.165, 1.54) is 6.07 Å². The van der Waals surface area contributed by atoms with E-state index in [4.69, 9.17) is 4.52 Å². The lowest BCUT2D eigenvalue weighted by atomic mass is 9.96. The summed E-state index contributed by atoms with van der Waals surface area (Å²) in [6.07, 6.45) is 7.17. The Morgan fingerprint density at radius 1 is 1.38 bits per heavy atom. The largest absolute Gasteiger partial charge is 0.368 e. The second-order valence-electron chi connectivity index (χ2n) is 8.13. The third-order valence-corrected chi connectivity index (χ3v) is 5.85. The van der Waals surface area contributed by atoms with Crippen LogP contribution in [0, 0.1) is 18.7 Å². The van der Waals surface area contributed by atoms with Crippen molar-refractivity contribution in [2.75, 3.05) is 24.5 Å². The topological polar surface area (TPSA) is 89.1 Å². The van der Waals surface area contributed by atoms with Crippen molar-refractivity contribution in [3.8, 4) is 11.5 Å². The summed E-state index contributed by atoms with van der Waals surface area (Å²) in [4.78, 5) is 23.1. The first-order chi connectivity index (χ1) is 15.5. The summed E-state index contributed by atoms with van der Waals surface area (Å²) in [6, 6.07) is 4.91. The van der Waals surface area contributed by atoms with E-state index in [1.54, 1.807) is 19.1 Å². The van der Waals surface area contributed by atoms with E-state index < -0.39 is 0 Å². The summed E-state index contributed by atoms with van der Waals surface area (Å²) in [5.41, 5.74) is 1.04. The van der Waals surface area contributed by atoms with Gasteiger partial charge in [-0.2, -0.15) is 4.98 Å². The van der Waals surface area contributed by atoms with Crippen molar-refractivity contribution in [2.24, 2.45) is 5.92 Å². The average molecular weight is 441 g/mol. The first-order valence-electron chi connectivity index (χ1n) is 11.2. The monoisotopic (exact) mass is 440 g/mol. The molecule has 0 aliphatic carbocycles. The van der Waals surface area contributed by atoms with Crippen LogP contribution in [-0.4, -0.2) is 45.2 Å². The number of piperidine rings is 1. The smallest absolute Gasteiger partial charge is 0.258 e. The van der Waals surface area contributed by atoms with E-state index >= 15 is 0 Å². The molecule has 1 unspecified atom stereocenters. The van der Waals surface area contributed by atoms with Crippen LogP contribution in [0.4, 0.5) is 10.1 Å². The molecule has 1 aromatic carbocycles. The van der Waals surface area contributed by atoms with Gasteiger partial charge in [0.2, 0.25) is 5.91 Å². The Kier molecular flexibility index (Phi) is 6.82. The third-order valence-electron chi connectivity index (χ3n) is 5.85. The number of aromatic nitrogens is 4. The van der Waals surface area contributed by atoms with Crippen LogP contribution < -0.4 is 10.2 Å². The fourth-order valence-corrected chi connectivity index (χ4v) is 4.18. The van der Waals surface area contributed by atoms with Gasteiger partial charge in [0.25, 0.3) is 5.89 Å². The molecule has 0 spiro atoms. The number of carbonyl (C=O) groups is 1. The molecule has 1 amide bonds. The number of rotatable bonds is 8. The van der Waals surface area contributed by atoms with Crippen LogP contribution >= 0.6 is 0 Å². The molecule has 9 heteroatoms. The second-order valence-corrected chi connectivity index (χ2v) is 8.13. The third kappa shape index (κ3) is 4.98. The number of anilines is 1. The Labute approximate surface area is 186 Å². The first kappa shape index (κ1) is 22.0. The standard InChI is InChI=1S/C23H29FN6O2/c1-3-21-25-10-13-29(21)12-5-9-26-22(31)18-6-4-11-30(15-18)20-8-7-17(14-19(20)24)23-27-16(2)28-32-23/h7-8,10,13-14,18H,3-6,9,11-12,15H2,1-2H3,(H,26,31). The summed E-state index contributed by atoms with van der Waals surface area (Å²) in [5, 5.41) is 6.80. The van der Waals surface area contributed by atoms with Gasteiger partial charge in [0, 0.05) is 50.6 Å². The van der Waals surface area contributed by atoms with Gasteiger partial charge in [-0.1, -0.05) is 12.1 Å². The number of hydrogen-bond donors (Lipinski definition) is 1. The minimum Gasteiger partial charge on any atom is -0.368 e. The van der Waals surface area contributed by atoms with Crippen molar-refractivity contribution in [1.82, 2.24) is 25.0 Å². The Bertz CT molecular complexity index is 1060. The molecule has 0 radical (unpaired) electrons. The molecular weight excluding hydrogens is 411 g/mol. The molecule has 1 saturated heterocycles. The predicted molar refractivity (Wildman–Crippen MR) is 119 cm³/mol. The summed E-state index contributed by atoms with van der Waals surface area (Å²) in [5.74, 6) is 1.39. The molecule has 1 aliphatic rings. The number of imidazole rings is 1. The van der Waals surface area contributed by atoms with Crippen LogP contribution in [0.5, 0.6) is 0 Å². The summed E-state index contributed by atoms with van der Waals surface area (Å²) in [6.45, 7) is 6.47. The van der Waals surface area contributed by atoms with Crippen LogP contribution in [-0.2, 0) is 17.8 Å². The molecule has 1 atom stereocenters. The lowest BCUT2D eigenvalue weighted by Gasteiger charge is -2.34. The predicted octanol–water partition coefficient (Wildman–Crippen LogP) is 3.37. The zero-order chi connectivity index (χ0) is 22.5. The molecule has 0 saturated carbocycles. The normalized spacial score (nSPS) is 16.3. The van der Waals surface area contributed by atoms with Gasteiger partial charge in [-0.3, -0.25) is 4.79 Å². The van der Waals surface area contributed by atoms with Gasteiger partial charge in [-0.25, -0.2) is 9.37 Å². The van der Waals surface area contributed by atoms with Gasteiger partial charge < -0.3 is 19.3 Å². The summed E-state index contributed by atoms with van der Waals surface area (Å²) < 4.78 is 22.1. The lowest BCUT2D eigenvalue weighted by molar-refractivity contribution is -0.125. The van der Waals surface area contributed by atoms with E-state index in [0.717, 1.165) is 44.6 Å². The number of aryl methyl sites for hydroxylation is 3. The Morgan fingerprint density at radius 3 is 3.00 bits per heavy atom. The zero-order valence-electron chi connectivity index (χ0n) is 18.6. The summed E-state index contributed by atoms with van der Waals surface area (Å²) in [7, 11) is 0. The van der Waals surface area contributed by atoms with Crippen LogP contribution in [0.2, 0.25) is 0 Å². The van der Waals surface area contributed by atoms with Gasteiger partial charge in [0.1, 0.15) is 11.6 Å². The van der Waals surface area contributed by atoms with Crippen LogP contribution in [0.1, 0.15) is 37.8 Å². The average Bonchev–Trinajstić information content (AvgIpc) is 3.45. The number of benzene rings is 1. The lowest BCUT2D eigenvalue weighted by Crippen LogP contribution is -2.43. The fourth-order valence-electron chi connectivity index (χ4n) is 4.18. The van der Waals surface area contributed by atoms with Gasteiger partial charge in [0.05, 0.1) is 11.6 Å². The van der Waals surface area contributed by atoms with Crippen molar-refractivity contribution in [2.45, 2.75) is 46.1 Å². The zero-order valence-corrected chi connectivity index (χ0v) is 18.6. The van der Waals surface area contributed by atoms with Gasteiger partial charge >= 0.3 is 0 Å². The first-order valence-corrected chi connectivity index (χ1v) is 11.2. The van der Waals surface area contributed by atoms with Crippen LogP contribution in [0.25, 0.3) is 11.5 Å². The fraction of sp³-hybridized carbons (Fsp3) is 0.478. The molecule has 1 N–H and O–H groups in total. The van der Waals surface area contributed by atoms with E-state index in [1.807, 2.05) is 17.3 Å². The highest BCUT2D eigenvalue weighted by Crippen LogP contribution is 2.29. The van der Waals surface area contributed by atoms with Crippen molar-refractivity contribution in [1.29, 1.82) is 0 Å². The number of nitrogens with zero attached hydrogens (tertiary/aromatic N) is 5. The Hall–Kier alpha value is -3.23. The van der Waals surface area contributed by atoms with Gasteiger partial charge in [0.15, 0.2) is 5.82 Å². The van der Waals surface area contributed by atoms with E-state index in [2.05, 4.69) is 31.9 Å². The maximum Gasteiger partial charge on any atom is 0.258 e. The molecule has 0 bridgehead atoms. The molecule has 4 rings (SSSR count). The quantitative estimate of drug-likeness (QED) is 0.541. The molecule has 3 heterocycles. The molecule has 2 aromatic heterocycles. The highest BCUT2D eigenvalue weighted by Gasteiger charge is 2.27. The molecular formula is C23H29FN6O2. The summed E-state index contributed by atoms with van der Waals surface area (Å²) >= 11 is 0. The maximum absolute atomic E-state index is 14.9. The van der Waals surface area contributed by atoms with Crippen LogP contribution in [0.3, 0.4) is 0 Å². The molecule has 1 aliphatic heterocycles. The number of hydrogen-bond acceptors (Lipinski definition) is 6. The number of carbonyl (C=O) groups excluding carboxylic acids is 1.